The average Bonchev–Trinajstić information content (AvgIpc) is 3.55. The van der Waals surface area contributed by atoms with E-state index in [1.807, 2.05) is 18.2 Å². The predicted octanol–water partition coefficient (Wildman–Crippen LogP) is 2.23. The molecule has 3 heterocycles. The Hall–Kier alpha value is -3.07. The molecule has 0 aliphatic carbocycles. The van der Waals surface area contributed by atoms with E-state index in [0.29, 0.717) is 13.2 Å². The molecule has 1 aromatic heterocycles. The second-order valence-corrected chi connectivity index (χ2v) is 7.79. The summed E-state index contributed by atoms with van der Waals surface area (Å²) in [4.78, 5) is 11.6. The summed E-state index contributed by atoms with van der Waals surface area (Å²) in [5.74, 6) is -0.508. The first-order chi connectivity index (χ1) is 15.2. The van der Waals surface area contributed by atoms with Crippen molar-refractivity contribution in [2.75, 3.05) is 20.3 Å². The summed E-state index contributed by atoms with van der Waals surface area (Å²) in [6.07, 6.45) is 1.38. The fourth-order valence-corrected chi connectivity index (χ4v) is 4.21. The van der Waals surface area contributed by atoms with Gasteiger partial charge >= 0.3 is 5.97 Å². The molecular formula is C23H24N4O4. The van der Waals surface area contributed by atoms with E-state index in [9.17, 15) is 4.79 Å². The zero-order valence-corrected chi connectivity index (χ0v) is 17.2. The quantitative estimate of drug-likeness (QED) is 0.612. The number of methoxy groups -OCH3 is 1. The third-order valence-corrected chi connectivity index (χ3v) is 5.90. The highest BCUT2D eigenvalue weighted by Crippen LogP contribution is 2.34. The summed E-state index contributed by atoms with van der Waals surface area (Å²) in [6, 6.07) is 18.9. The zero-order chi connectivity index (χ0) is 21.2. The number of rotatable bonds is 6. The van der Waals surface area contributed by atoms with Crippen LogP contribution in [-0.4, -0.2) is 59.5 Å². The highest BCUT2D eigenvalue weighted by Gasteiger charge is 2.48. The van der Waals surface area contributed by atoms with Crippen LogP contribution in [-0.2, 0) is 20.8 Å². The third kappa shape index (κ3) is 3.97. The van der Waals surface area contributed by atoms with Gasteiger partial charge in [-0.1, -0.05) is 59.8 Å². The number of benzene rings is 2. The van der Waals surface area contributed by atoms with Crippen LogP contribution in [0.15, 0.2) is 60.8 Å². The van der Waals surface area contributed by atoms with Gasteiger partial charge in [0.1, 0.15) is 18.2 Å². The van der Waals surface area contributed by atoms with Crippen molar-refractivity contribution in [1.82, 2.24) is 20.3 Å². The Morgan fingerprint density at radius 1 is 1.06 bits per heavy atom. The fourth-order valence-electron chi connectivity index (χ4n) is 4.21. The van der Waals surface area contributed by atoms with E-state index in [0.717, 1.165) is 6.54 Å². The summed E-state index contributed by atoms with van der Waals surface area (Å²) in [7, 11) is 1.32. The van der Waals surface area contributed by atoms with Crippen LogP contribution in [0.1, 0.15) is 22.1 Å². The first-order valence-corrected chi connectivity index (χ1v) is 10.3. The van der Waals surface area contributed by atoms with Crippen LogP contribution in [0.25, 0.3) is 11.1 Å². The molecule has 2 aliphatic heterocycles. The molecule has 4 unspecified atom stereocenters. The second kappa shape index (κ2) is 8.58. The average molecular weight is 420 g/mol. The summed E-state index contributed by atoms with van der Waals surface area (Å²) in [6.45, 7) is 1.76. The Balaban J connectivity index is 1.19. The van der Waals surface area contributed by atoms with E-state index in [1.165, 1.54) is 23.8 Å². The number of ether oxygens (including phenoxy) is 3. The molecule has 4 atom stereocenters. The van der Waals surface area contributed by atoms with E-state index < -0.39 is 5.97 Å². The predicted molar refractivity (Wildman–Crippen MR) is 112 cm³/mol. The van der Waals surface area contributed by atoms with Crippen LogP contribution in [0.2, 0.25) is 0 Å². The number of carbonyl (C=O) groups excluding carboxylic acids is 1. The van der Waals surface area contributed by atoms with Gasteiger partial charge in [-0.15, -0.1) is 5.10 Å². The Labute approximate surface area is 180 Å². The number of nitrogens with one attached hydrogen (secondary N) is 1. The largest absolute Gasteiger partial charge is 0.464 e. The zero-order valence-electron chi connectivity index (χ0n) is 17.2. The lowest BCUT2D eigenvalue weighted by atomic mass is 10.0. The maximum absolute atomic E-state index is 11.6. The first-order valence-electron chi connectivity index (χ1n) is 10.3. The molecule has 2 saturated heterocycles. The lowest BCUT2D eigenvalue weighted by molar-refractivity contribution is 0.0592. The maximum Gasteiger partial charge on any atom is 0.360 e. The van der Waals surface area contributed by atoms with Crippen LogP contribution >= 0.6 is 0 Å². The molecule has 5 rings (SSSR count). The molecule has 0 radical (unpaired) electrons. The van der Waals surface area contributed by atoms with Gasteiger partial charge in [-0.3, -0.25) is 0 Å². The lowest BCUT2D eigenvalue weighted by Crippen LogP contribution is -2.40. The number of hydrogen-bond donors (Lipinski definition) is 1. The smallest absolute Gasteiger partial charge is 0.360 e. The molecule has 0 saturated carbocycles. The van der Waals surface area contributed by atoms with E-state index in [4.69, 9.17) is 14.2 Å². The van der Waals surface area contributed by atoms with Crippen molar-refractivity contribution in [2.24, 2.45) is 0 Å². The van der Waals surface area contributed by atoms with E-state index >= 15 is 0 Å². The van der Waals surface area contributed by atoms with Crippen LogP contribution in [0.3, 0.4) is 0 Å². The molecule has 8 heteroatoms. The number of esters is 1. The number of hydrogen-bond acceptors (Lipinski definition) is 7. The maximum atomic E-state index is 11.6. The molecule has 1 N–H and O–H groups in total. The normalized spacial score (nSPS) is 24.8. The molecule has 0 spiro atoms. The van der Waals surface area contributed by atoms with Crippen molar-refractivity contribution >= 4 is 5.97 Å². The summed E-state index contributed by atoms with van der Waals surface area (Å²) >= 11 is 0. The highest BCUT2D eigenvalue weighted by atomic mass is 16.6. The summed E-state index contributed by atoms with van der Waals surface area (Å²) in [5.41, 5.74) is 3.80. The Morgan fingerprint density at radius 3 is 2.58 bits per heavy atom. The second-order valence-electron chi connectivity index (χ2n) is 7.79. The summed E-state index contributed by atoms with van der Waals surface area (Å²) < 4.78 is 18.4. The van der Waals surface area contributed by atoms with Crippen molar-refractivity contribution in [2.45, 2.75) is 30.8 Å². The molecule has 2 aliphatic rings. The SMILES string of the molecule is COC(=O)c1cn(C2COC3C(NCc4ccc(-c5ccccc5)cc4)COC32)nn1. The van der Waals surface area contributed by atoms with Gasteiger partial charge in [0.25, 0.3) is 0 Å². The Bertz CT molecular complexity index is 1040. The van der Waals surface area contributed by atoms with Crippen molar-refractivity contribution in [3.8, 4) is 11.1 Å². The standard InChI is InChI=1S/C23H24N4O4/c1-29-23(28)18-12-27(26-25-18)20-14-31-21-19(13-30-22(20)21)24-11-15-7-9-17(10-8-15)16-5-3-2-4-6-16/h2-10,12,19-22,24H,11,13-14H2,1H3. The van der Waals surface area contributed by atoms with Gasteiger partial charge in [-0.05, 0) is 16.7 Å². The minimum absolute atomic E-state index is 0.0700. The van der Waals surface area contributed by atoms with Crippen LogP contribution in [0.4, 0.5) is 0 Å². The molecule has 2 fully saturated rings. The van der Waals surface area contributed by atoms with Crippen molar-refractivity contribution in [1.29, 1.82) is 0 Å². The molecule has 3 aromatic rings. The molecule has 31 heavy (non-hydrogen) atoms. The first kappa shape index (κ1) is 19.9. The lowest BCUT2D eigenvalue weighted by Gasteiger charge is -2.18. The van der Waals surface area contributed by atoms with Crippen LogP contribution in [0.5, 0.6) is 0 Å². The van der Waals surface area contributed by atoms with Crippen molar-refractivity contribution < 1.29 is 19.0 Å². The van der Waals surface area contributed by atoms with Gasteiger partial charge in [0.05, 0.1) is 32.6 Å². The van der Waals surface area contributed by atoms with Gasteiger partial charge in [-0.2, -0.15) is 0 Å². The Kier molecular flexibility index (Phi) is 5.50. The van der Waals surface area contributed by atoms with E-state index in [2.05, 4.69) is 52.0 Å². The number of fused-ring (bicyclic) bond motifs is 1. The van der Waals surface area contributed by atoms with E-state index in [1.54, 1.807) is 10.9 Å². The number of aromatic nitrogens is 3. The minimum Gasteiger partial charge on any atom is -0.464 e. The number of nitrogens with zero attached hydrogens (tertiary/aromatic N) is 3. The van der Waals surface area contributed by atoms with E-state index in [-0.39, 0.29) is 30.0 Å². The minimum atomic E-state index is -0.508. The van der Waals surface area contributed by atoms with Crippen molar-refractivity contribution in [3.05, 3.63) is 72.1 Å². The van der Waals surface area contributed by atoms with Gasteiger partial charge in [0.15, 0.2) is 5.69 Å². The van der Waals surface area contributed by atoms with Gasteiger partial charge in [0.2, 0.25) is 0 Å². The molecule has 8 nitrogen and oxygen atoms in total. The molecule has 0 amide bonds. The van der Waals surface area contributed by atoms with Gasteiger partial charge in [-0.25, -0.2) is 9.48 Å². The third-order valence-electron chi connectivity index (χ3n) is 5.90. The van der Waals surface area contributed by atoms with Gasteiger partial charge < -0.3 is 19.5 Å². The molecule has 0 bridgehead atoms. The highest BCUT2D eigenvalue weighted by molar-refractivity contribution is 5.86. The Morgan fingerprint density at radius 2 is 1.81 bits per heavy atom. The van der Waals surface area contributed by atoms with Crippen LogP contribution in [0, 0.1) is 0 Å². The topological polar surface area (TPSA) is 87.5 Å². The molecular weight excluding hydrogens is 396 g/mol. The fraction of sp³-hybridized carbons (Fsp3) is 0.348. The molecule has 160 valence electrons. The van der Waals surface area contributed by atoms with Crippen molar-refractivity contribution in [3.63, 3.8) is 0 Å². The molecule has 2 aromatic carbocycles. The summed E-state index contributed by atoms with van der Waals surface area (Å²) in [5, 5.41) is 11.5. The monoisotopic (exact) mass is 420 g/mol. The van der Waals surface area contributed by atoms with Crippen LogP contribution < -0.4 is 5.32 Å². The van der Waals surface area contributed by atoms with Gasteiger partial charge in [0, 0.05) is 6.54 Å². The number of carbonyl (C=O) groups is 1.